The Bertz CT molecular complexity index is 783. The van der Waals surface area contributed by atoms with Crippen LogP contribution in [0.4, 0.5) is 0 Å². The Balaban J connectivity index is 1.79. The van der Waals surface area contributed by atoms with Gasteiger partial charge in [0.25, 0.3) is 0 Å². The molecule has 0 aliphatic carbocycles. The number of aliphatic hydroxyl groups is 1. The minimum absolute atomic E-state index is 0.166. The summed E-state index contributed by atoms with van der Waals surface area (Å²) in [6.45, 7) is 10.8. The topological polar surface area (TPSA) is 49.8 Å². The number of rotatable bonds is 6. The summed E-state index contributed by atoms with van der Waals surface area (Å²) in [5.41, 5.74) is 2.20. The van der Waals surface area contributed by atoms with Gasteiger partial charge in [-0.15, -0.1) is 6.58 Å². The molecule has 1 N–H and O–H groups in total. The first-order chi connectivity index (χ1) is 13.4. The van der Waals surface area contributed by atoms with Crippen LogP contribution in [0.1, 0.15) is 43.4 Å². The van der Waals surface area contributed by atoms with Crippen molar-refractivity contribution in [3.63, 3.8) is 0 Å². The van der Waals surface area contributed by atoms with Crippen molar-refractivity contribution in [2.75, 3.05) is 26.2 Å². The van der Waals surface area contributed by atoms with Crippen LogP contribution in [0.2, 0.25) is 0 Å². The van der Waals surface area contributed by atoms with E-state index in [1.165, 1.54) is 0 Å². The second-order valence-corrected chi connectivity index (χ2v) is 8.07. The largest absolute Gasteiger partial charge is 0.466 e. The van der Waals surface area contributed by atoms with E-state index in [0.29, 0.717) is 26.0 Å². The summed E-state index contributed by atoms with van der Waals surface area (Å²) in [5, 5.41) is 11.0. The third kappa shape index (κ3) is 4.66. The zero-order valence-electron chi connectivity index (χ0n) is 17.0. The van der Waals surface area contributed by atoms with Gasteiger partial charge in [-0.1, -0.05) is 37.0 Å². The monoisotopic (exact) mass is 381 g/mol. The normalized spacial score (nSPS) is 26.8. The summed E-state index contributed by atoms with van der Waals surface area (Å²) in [6, 6.07) is 6.12. The molecule has 4 heteroatoms. The number of allylic oxidation sites excluding steroid dienone is 1. The molecule has 0 saturated carbocycles. The smallest absolute Gasteiger partial charge is 0.308 e. The maximum absolute atomic E-state index is 11.9. The van der Waals surface area contributed by atoms with E-state index in [4.69, 9.17) is 4.74 Å². The molecule has 1 aromatic rings. The minimum Gasteiger partial charge on any atom is -0.466 e. The SMILES string of the molecule is C=CCc1cc(CC(C)C(=O)OCC)ccc1C#CC1(O)CN2CCC1CC2. The van der Waals surface area contributed by atoms with Gasteiger partial charge in [0.2, 0.25) is 0 Å². The highest BCUT2D eigenvalue weighted by atomic mass is 16.5. The Hall–Kier alpha value is -2.09. The van der Waals surface area contributed by atoms with Crippen LogP contribution in [0.5, 0.6) is 0 Å². The van der Waals surface area contributed by atoms with Crippen molar-refractivity contribution in [2.24, 2.45) is 11.8 Å². The van der Waals surface area contributed by atoms with Crippen molar-refractivity contribution < 1.29 is 14.6 Å². The molecule has 0 amide bonds. The van der Waals surface area contributed by atoms with Crippen LogP contribution in [0.25, 0.3) is 0 Å². The molecule has 0 aromatic heterocycles. The van der Waals surface area contributed by atoms with Gasteiger partial charge in [-0.3, -0.25) is 9.69 Å². The third-order valence-corrected chi connectivity index (χ3v) is 5.91. The highest BCUT2D eigenvalue weighted by Gasteiger charge is 2.44. The highest BCUT2D eigenvalue weighted by Crippen LogP contribution is 2.35. The number of nitrogens with zero attached hydrogens (tertiary/aromatic N) is 1. The summed E-state index contributed by atoms with van der Waals surface area (Å²) >= 11 is 0. The molecule has 28 heavy (non-hydrogen) atoms. The quantitative estimate of drug-likeness (QED) is 0.468. The van der Waals surface area contributed by atoms with Crippen LogP contribution in [0.3, 0.4) is 0 Å². The first-order valence-electron chi connectivity index (χ1n) is 10.3. The lowest BCUT2D eigenvalue weighted by atomic mass is 9.75. The fourth-order valence-corrected chi connectivity index (χ4v) is 4.30. The van der Waals surface area contributed by atoms with E-state index in [1.807, 2.05) is 32.1 Å². The Labute approximate surface area is 168 Å². The number of carbonyl (C=O) groups is 1. The van der Waals surface area contributed by atoms with Gasteiger partial charge in [0.15, 0.2) is 0 Å². The standard InChI is InChI=1S/C24H31NO3/c1-4-6-21-16-19(15-18(3)23(26)28-5-2)7-8-20(21)9-12-24(27)17-25-13-10-22(24)11-14-25/h4,7-8,16,18,22,27H,1,5-6,10-11,13-15,17H2,2-3H3. The Morgan fingerprint density at radius 3 is 2.82 bits per heavy atom. The van der Waals surface area contributed by atoms with Gasteiger partial charge in [-0.25, -0.2) is 0 Å². The first kappa shape index (κ1) is 20.6. The maximum Gasteiger partial charge on any atom is 0.308 e. The third-order valence-electron chi connectivity index (χ3n) is 5.91. The average Bonchev–Trinajstić information content (AvgIpc) is 2.68. The van der Waals surface area contributed by atoms with Crippen molar-refractivity contribution >= 4 is 5.97 Å². The van der Waals surface area contributed by atoms with Crippen LogP contribution in [-0.2, 0) is 22.4 Å². The summed E-state index contributed by atoms with van der Waals surface area (Å²) in [6.07, 6.45) is 5.25. The lowest BCUT2D eigenvalue weighted by Gasteiger charge is -2.47. The van der Waals surface area contributed by atoms with Crippen LogP contribution in [0, 0.1) is 23.7 Å². The number of ether oxygens (including phenoxy) is 1. The minimum atomic E-state index is -0.904. The van der Waals surface area contributed by atoms with E-state index in [2.05, 4.69) is 29.4 Å². The fraction of sp³-hybridized carbons (Fsp3) is 0.542. The average molecular weight is 382 g/mol. The van der Waals surface area contributed by atoms with Crippen molar-refractivity contribution in [1.82, 2.24) is 4.90 Å². The number of esters is 1. The molecule has 0 radical (unpaired) electrons. The second-order valence-electron chi connectivity index (χ2n) is 8.07. The van der Waals surface area contributed by atoms with Crippen molar-refractivity contribution in [2.45, 2.75) is 45.1 Å². The molecular weight excluding hydrogens is 350 g/mol. The lowest BCUT2D eigenvalue weighted by Crippen LogP contribution is -2.58. The van der Waals surface area contributed by atoms with Crippen LogP contribution in [0.15, 0.2) is 30.9 Å². The number of carbonyl (C=O) groups excluding carboxylic acids is 1. The van der Waals surface area contributed by atoms with Gasteiger partial charge < -0.3 is 9.84 Å². The van der Waals surface area contributed by atoms with Crippen molar-refractivity contribution in [3.8, 4) is 11.8 Å². The molecule has 0 spiro atoms. The Morgan fingerprint density at radius 1 is 1.46 bits per heavy atom. The second kappa shape index (κ2) is 8.94. The van der Waals surface area contributed by atoms with Crippen LogP contribution >= 0.6 is 0 Å². The van der Waals surface area contributed by atoms with E-state index in [0.717, 1.165) is 42.6 Å². The van der Waals surface area contributed by atoms with Gasteiger partial charge in [0.05, 0.1) is 12.5 Å². The zero-order chi connectivity index (χ0) is 20.1. The molecular formula is C24H31NO3. The van der Waals surface area contributed by atoms with E-state index in [9.17, 15) is 9.90 Å². The molecule has 3 aliphatic heterocycles. The van der Waals surface area contributed by atoms with Crippen molar-refractivity contribution in [3.05, 3.63) is 47.5 Å². The molecule has 4 rings (SSSR count). The molecule has 2 atom stereocenters. The summed E-state index contributed by atoms with van der Waals surface area (Å²) < 4.78 is 5.11. The van der Waals surface area contributed by atoms with Gasteiger partial charge >= 0.3 is 5.97 Å². The molecule has 3 aliphatic rings. The van der Waals surface area contributed by atoms with E-state index < -0.39 is 5.60 Å². The van der Waals surface area contributed by atoms with E-state index in [-0.39, 0.29) is 17.8 Å². The van der Waals surface area contributed by atoms with Gasteiger partial charge in [0.1, 0.15) is 5.60 Å². The maximum atomic E-state index is 11.9. The fourth-order valence-electron chi connectivity index (χ4n) is 4.30. The molecule has 3 heterocycles. The Kier molecular flexibility index (Phi) is 6.59. The molecule has 1 aromatic carbocycles. The first-order valence-corrected chi connectivity index (χ1v) is 10.3. The molecule has 3 fully saturated rings. The van der Waals surface area contributed by atoms with Crippen molar-refractivity contribution in [1.29, 1.82) is 0 Å². The molecule has 150 valence electrons. The van der Waals surface area contributed by atoms with Gasteiger partial charge in [0, 0.05) is 18.0 Å². The molecule has 2 unspecified atom stereocenters. The number of piperidine rings is 3. The predicted octanol–water partition coefficient (Wildman–Crippen LogP) is 2.97. The molecule has 2 bridgehead atoms. The van der Waals surface area contributed by atoms with Crippen LogP contribution in [-0.4, -0.2) is 47.8 Å². The summed E-state index contributed by atoms with van der Waals surface area (Å²) in [4.78, 5) is 14.2. The number of fused-ring (bicyclic) bond motifs is 3. The predicted molar refractivity (Wildman–Crippen MR) is 111 cm³/mol. The van der Waals surface area contributed by atoms with Gasteiger partial charge in [-0.2, -0.15) is 0 Å². The number of hydrogen-bond donors (Lipinski definition) is 1. The van der Waals surface area contributed by atoms with E-state index >= 15 is 0 Å². The van der Waals surface area contributed by atoms with Crippen LogP contribution < -0.4 is 0 Å². The number of hydrogen-bond acceptors (Lipinski definition) is 4. The highest BCUT2D eigenvalue weighted by molar-refractivity contribution is 5.72. The number of benzene rings is 1. The zero-order valence-corrected chi connectivity index (χ0v) is 17.0. The lowest BCUT2D eigenvalue weighted by molar-refractivity contribution is -0.147. The summed E-state index contributed by atoms with van der Waals surface area (Å²) in [7, 11) is 0. The Morgan fingerprint density at radius 2 is 2.21 bits per heavy atom. The van der Waals surface area contributed by atoms with E-state index in [1.54, 1.807) is 0 Å². The summed E-state index contributed by atoms with van der Waals surface area (Å²) in [5.74, 6) is 6.38. The molecule has 3 saturated heterocycles. The molecule has 4 nitrogen and oxygen atoms in total. The van der Waals surface area contributed by atoms with Gasteiger partial charge in [-0.05, 0) is 62.9 Å².